The minimum absolute atomic E-state index is 0.0421. The van der Waals surface area contributed by atoms with E-state index in [1.165, 1.54) is 6.07 Å². The Kier molecular flexibility index (Phi) is 4.17. The highest BCUT2D eigenvalue weighted by Crippen LogP contribution is 2.25. The molecule has 0 aliphatic rings. The topological polar surface area (TPSA) is 32.3 Å². The van der Waals surface area contributed by atoms with Crippen LogP contribution in [-0.4, -0.2) is 5.11 Å². The molecule has 2 aromatic carbocycles. The van der Waals surface area contributed by atoms with Gasteiger partial charge in [0.25, 0.3) is 0 Å². The van der Waals surface area contributed by atoms with Gasteiger partial charge < -0.3 is 10.4 Å². The smallest absolute Gasteiger partial charge is 0.127 e. The summed E-state index contributed by atoms with van der Waals surface area (Å²) in [6, 6.07) is 12.1. The molecule has 0 saturated carbocycles. The van der Waals surface area contributed by atoms with Crippen molar-refractivity contribution >= 4 is 0 Å². The standard InChI is InChI=1S/C16H18FNO/c1-11-7-8-16(19)14(9-11)12(2)18-10-13-5-3-4-6-15(13)17/h3-9,12,18-19H,10H2,1-2H3. The van der Waals surface area contributed by atoms with Crippen molar-refractivity contribution in [3.8, 4) is 5.75 Å². The lowest BCUT2D eigenvalue weighted by molar-refractivity contribution is 0.451. The summed E-state index contributed by atoms with van der Waals surface area (Å²) in [4.78, 5) is 0. The van der Waals surface area contributed by atoms with Crippen LogP contribution in [0.25, 0.3) is 0 Å². The Morgan fingerprint density at radius 3 is 2.68 bits per heavy atom. The summed E-state index contributed by atoms with van der Waals surface area (Å²) in [7, 11) is 0. The molecule has 0 amide bonds. The third-order valence-corrected chi connectivity index (χ3v) is 3.21. The molecule has 0 spiro atoms. The third-order valence-electron chi connectivity index (χ3n) is 3.21. The Morgan fingerprint density at radius 1 is 1.21 bits per heavy atom. The molecule has 0 saturated heterocycles. The monoisotopic (exact) mass is 259 g/mol. The largest absolute Gasteiger partial charge is 0.508 e. The van der Waals surface area contributed by atoms with Gasteiger partial charge in [0.2, 0.25) is 0 Å². The number of hydrogen-bond donors (Lipinski definition) is 2. The Hall–Kier alpha value is -1.87. The molecule has 0 bridgehead atoms. The van der Waals surface area contributed by atoms with Crippen molar-refractivity contribution in [1.82, 2.24) is 5.32 Å². The summed E-state index contributed by atoms with van der Waals surface area (Å²) in [6.07, 6.45) is 0. The fourth-order valence-corrected chi connectivity index (χ4v) is 2.04. The van der Waals surface area contributed by atoms with Crippen molar-refractivity contribution in [3.63, 3.8) is 0 Å². The van der Waals surface area contributed by atoms with E-state index in [0.29, 0.717) is 12.1 Å². The summed E-state index contributed by atoms with van der Waals surface area (Å²) >= 11 is 0. The fourth-order valence-electron chi connectivity index (χ4n) is 2.04. The van der Waals surface area contributed by atoms with Gasteiger partial charge in [0, 0.05) is 23.7 Å². The van der Waals surface area contributed by atoms with Gasteiger partial charge in [-0.25, -0.2) is 4.39 Å². The normalized spacial score (nSPS) is 12.4. The van der Waals surface area contributed by atoms with E-state index in [4.69, 9.17) is 0 Å². The van der Waals surface area contributed by atoms with Gasteiger partial charge in [0.15, 0.2) is 0 Å². The maximum absolute atomic E-state index is 13.5. The predicted octanol–water partition coefficient (Wildman–Crippen LogP) is 3.69. The van der Waals surface area contributed by atoms with Gasteiger partial charge in [-0.05, 0) is 26.0 Å². The third kappa shape index (κ3) is 3.32. The number of nitrogens with one attached hydrogen (secondary N) is 1. The molecule has 2 nitrogen and oxygen atoms in total. The van der Waals surface area contributed by atoms with Crippen LogP contribution in [0.2, 0.25) is 0 Å². The van der Waals surface area contributed by atoms with Gasteiger partial charge >= 0.3 is 0 Å². The molecular formula is C16H18FNO. The summed E-state index contributed by atoms with van der Waals surface area (Å²) in [5, 5.41) is 13.1. The summed E-state index contributed by atoms with van der Waals surface area (Å²) in [5.41, 5.74) is 2.55. The number of halogens is 1. The highest BCUT2D eigenvalue weighted by Gasteiger charge is 2.11. The number of phenolic OH excluding ortho intramolecular Hbond substituents is 1. The molecule has 1 unspecified atom stereocenters. The van der Waals surface area contributed by atoms with Crippen LogP contribution in [0.3, 0.4) is 0 Å². The molecule has 0 aliphatic heterocycles. The fraction of sp³-hybridized carbons (Fsp3) is 0.250. The average Bonchev–Trinajstić information content (AvgIpc) is 2.40. The Labute approximate surface area is 112 Å². The quantitative estimate of drug-likeness (QED) is 0.877. The predicted molar refractivity (Wildman–Crippen MR) is 74.5 cm³/mol. The van der Waals surface area contributed by atoms with Gasteiger partial charge in [-0.3, -0.25) is 0 Å². The van der Waals surface area contributed by atoms with Gasteiger partial charge in [0.1, 0.15) is 11.6 Å². The van der Waals surface area contributed by atoms with Crippen molar-refractivity contribution in [2.75, 3.05) is 0 Å². The van der Waals surface area contributed by atoms with Gasteiger partial charge in [-0.2, -0.15) is 0 Å². The molecule has 0 fully saturated rings. The second-order valence-corrected chi connectivity index (χ2v) is 4.76. The Bertz CT molecular complexity index is 568. The Morgan fingerprint density at radius 2 is 1.95 bits per heavy atom. The van der Waals surface area contributed by atoms with E-state index < -0.39 is 0 Å². The summed E-state index contributed by atoms with van der Waals surface area (Å²) < 4.78 is 13.5. The number of rotatable bonds is 4. The SMILES string of the molecule is Cc1ccc(O)c(C(C)NCc2ccccc2F)c1. The van der Waals surface area contributed by atoms with Gasteiger partial charge in [-0.1, -0.05) is 35.9 Å². The number of aryl methyl sites for hydroxylation is 1. The first-order valence-electron chi connectivity index (χ1n) is 6.34. The van der Waals surface area contributed by atoms with Crippen molar-refractivity contribution in [2.45, 2.75) is 26.4 Å². The molecule has 3 heteroatoms. The number of aromatic hydroxyl groups is 1. The zero-order valence-electron chi connectivity index (χ0n) is 11.2. The average molecular weight is 259 g/mol. The molecule has 0 radical (unpaired) electrons. The first kappa shape index (κ1) is 13.6. The Balaban J connectivity index is 2.07. The maximum Gasteiger partial charge on any atom is 0.127 e. The van der Waals surface area contributed by atoms with Crippen LogP contribution in [0.4, 0.5) is 4.39 Å². The van der Waals surface area contributed by atoms with Crippen molar-refractivity contribution < 1.29 is 9.50 Å². The van der Waals surface area contributed by atoms with E-state index in [1.54, 1.807) is 18.2 Å². The zero-order chi connectivity index (χ0) is 13.8. The minimum Gasteiger partial charge on any atom is -0.508 e. The van der Waals surface area contributed by atoms with Crippen molar-refractivity contribution in [3.05, 3.63) is 65.0 Å². The van der Waals surface area contributed by atoms with Crippen LogP contribution < -0.4 is 5.32 Å². The lowest BCUT2D eigenvalue weighted by atomic mass is 10.0. The maximum atomic E-state index is 13.5. The molecule has 2 aromatic rings. The number of benzene rings is 2. The second-order valence-electron chi connectivity index (χ2n) is 4.76. The van der Waals surface area contributed by atoms with Crippen molar-refractivity contribution in [1.29, 1.82) is 0 Å². The van der Waals surface area contributed by atoms with Crippen LogP contribution in [-0.2, 0) is 6.54 Å². The highest BCUT2D eigenvalue weighted by atomic mass is 19.1. The molecule has 1 atom stereocenters. The zero-order valence-corrected chi connectivity index (χ0v) is 11.2. The van der Waals surface area contributed by atoms with E-state index in [9.17, 15) is 9.50 Å². The van der Waals surface area contributed by atoms with Crippen LogP contribution in [0.15, 0.2) is 42.5 Å². The van der Waals surface area contributed by atoms with E-state index in [-0.39, 0.29) is 17.6 Å². The lowest BCUT2D eigenvalue weighted by Gasteiger charge is -2.16. The molecule has 0 aromatic heterocycles. The van der Waals surface area contributed by atoms with Crippen LogP contribution in [0, 0.1) is 12.7 Å². The molecule has 2 rings (SSSR count). The van der Waals surface area contributed by atoms with E-state index in [2.05, 4.69) is 5.32 Å². The van der Waals surface area contributed by atoms with Crippen molar-refractivity contribution in [2.24, 2.45) is 0 Å². The first-order chi connectivity index (χ1) is 9.08. The van der Waals surface area contributed by atoms with Gasteiger partial charge in [0.05, 0.1) is 0 Å². The molecular weight excluding hydrogens is 241 g/mol. The molecule has 100 valence electrons. The van der Waals surface area contributed by atoms with Crippen LogP contribution in [0.5, 0.6) is 5.75 Å². The molecule has 0 aliphatic carbocycles. The first-order valence-corrected chi connectivity index (χ1v) is 6.34. The van der Waals surface area contributed by atoms with Gasteiger partial charge in [-0.15, -0.1) is 0 Å². The van der Waals surface area contributed by atoms with Crippen LogP contribution >= 0.6 is 0 Å². The van der Waals surface area contributed by atoms with E-state index in [1.807, 2.05) is 32.0 Å². The lowest BCUT2D eigenvalue weighted by Crippen LogP contribution is -2.19. The molecule has 19 heavy (non-hydrogen) atoms. The summed E-state index contributed by atoms with van der Waals surface area (Å²) in [5.74, 6) is 0.0507. The minimum atomic E-state index is -0.212. The highest BCUT2D eigenvalue weighted by molar-refractivity contribution is 5.37. The summed E-state index contributed by atoms with van der Waals surface area (Å²) in [6.45, 7) is 4.36. The van der Waals surface area contributed by atoms with E-state index >= 15 is 0 Å². The number of hydrogen-bond acceptors (Lipinski definition) is 2. The van der Waals surface area contributed by atoms with E-state index in [0.717, 1.165) is 11.1 Å². The molecule has 2 N–H and O–H groups in total. The molecule has 0 heterocycles. The van der Waals surface area contributed by atoms with Crippen LogP contribution in [0.1, 0.15) is 29.7 Å². The number of phenols is 1. The second kappa shape index (κ2) is 5.85.